The van der Waals surface area contributed by atoms with Crippen LogP contribution < -0.4 is 17.0 Å². The highest BCUT2D eigenvalue weighted by atomic mass is 79.9. The molecule has 210 valence electrons. The van der Waals surface area contributed by atoms with Gasteiger partial charge in [0.15, 0.2) is 0 Å². The number of ether oxygens (including phenoxy) is 1. The Morgan fingerprint density at radius 2 is 1.03 bits per heavy atom. The van der Waals surface area contributed by atoms with Gasteiger partial charge in [-0.05, 0) is 40.0 Å². The number of carbonyl (C=O) groups is 1. The van der Waals surface area contributed by atoms with E-state index >= 15 is 0 Å². The summed E-state index contributed by atoms with van der Waals surface area (Å²) in [5.74, 6) is -0.211. The molecule has 0 fully saturated rings. The Bertz CT molecular complexity index is 490. The van der Waals surface area contributed by atoms with Gasteiger partial charge in [0, 0.05) is 12.0 Å². The van der Waals surface area contributed by atoms with Crippen molar-refractivity contribution in [1.29, 1.82) is 0 Å². The van der Waals surface area contributed by atoms with Crippen molar-refractivity contribution >= 4 is 5.97 Å². The van der Waals surface area contributed by atoms with E-state index in [1.165, 1.54) is 109 Å². The van der Waals surface area contributed by atoms with Crippen molar-refractivity contribution in [3.8, 4) is 0 Å². The monoisotopic (exact) mass is 559 g/mol. The van der Waals surface area contributed by atoms with Crippen LogP contribution in [0.4, 0.5) is 0 Å². The van der Waals surface area contributed by atoms with E-state index in [0.29, 0.717) is 5.57 Å². The van der Waals surface area contributed by atoms with Gasteiger partial charge in [0.05, 0.1) is 19.6 Å². The van der Waals surface area contributed by atoms with Crippen LogP contribution in [0.25, 0.3) is 0 Å². The van der Waals surface area contributed by atoms with Gasteiger partial charge in [0.1, 0.15) is 0 Å². The number of halogens is 1. The van der Waals surface area contributed by atoms with Crippen LogP contribution in [-0.2, 0) is 9.53 Å². The lowest BCUT2D eigenvalue weighted by atomic mass is 10.0. The van der Waals surface area contributed by atoms with Gasteiger partial charge in [0.25, 0.3) is 0 Å². The number of hydrogen-bond donors (Lipinski definition) is 0. The summed E-state index contributed by atoms with van der Waals surface area (Å²) in [6.45, 7) is 17.9. The first-order chi connectivity index (χ1) is 16.5. The number of unbranched alkanes of at least 4 members (excludes halogenated alkanes) is 16. The molecule has 0 spiro atoms. The minimum absolute atomic E-state index is 0. The van der Waals surface area contributed by atoms with Crippen LogP contribution in [0, 0.1) is 0 Å². The molecule has 0 aromatic heterocycles. The third-order valence-corrected chi connectivity index (χ3v) is 7.72. The molecule has 0 amide bonds. The van der Waals surface area contributed by atoms with E-state index in [1.807, 2.05) is 0 Å². The second kappa shape index (κ2) is 25.3. The zero-order chi connectivity index (χ0) is 25.5. The normalized spacial score (nSPS) is 12.3. The van der Waals surface area contributed by atoms with E-state index in [2.05, 4.69) is 34.3 Å². The zero-order valence-corrected chi connectivity index (χ0v) is 26.1. The molecule has 35 heavy (non-hydrogen) atoms. The number of hydrogen-bond acceptors (Lipinski definition) is 2. The number of carbonyl (C=O) groups excluding carboxylic acids is 1. The van der Waals surface area contributed by atoms with Gasteiger partial charge in [-0.2, -0.15) is 0 Å². The molecule has 1 atom stereocenters. The van der Waals surface area contributed by atoms with Crippen LogP contribution in [0.1, 0.15) is 157 Å². The van der Waals surface area contributed by atoms with Crippen molar-refractivity contribution in [2.45, 2.75) is 163 Å². The minimum atomic E-state index is -0.211. The van der Waals surface area contributed by atoms with Gasteiger partial charge in [-0.1, -0.05) is 117 Å². The van der Waals surface area contributed by atoms with E-state index in [9.17, 15) is 4.79 Å². The third kappa shape index (κ3) is 18.5. The summed E-state index contributed by atoms with van der Waals surface area (Å²) in [5, 5.41) is 0. The molecule has 0 saturated heterocycles. The molecule has 0 aliphatic rings. The minimum Gasteiger partial charge on any atom is -1.00 e. The standard InChI is InChI=1S/C31H62NO2.BrH/c1-7-11-13-15-17-19-20-22-24-26-28-32(9-3,10-4)30(34-31(33)29(5)6)27-25-23-21-18-16-14-12-8-2;/h30H,5,7-28H2,1-4,6H3;1H/q+1;/p-1. The Morgan fingerprint density at radius 1 is 0.657 bits per heavy atom. The SMILES string of the molecule is C=C(C)C(=O)OC(CCCCCCCCCC)[N+](CC)(CC)CCCCCCCCCCCC.[Br-]. The zero-order valence-electron chi connectivity index (χ0n) is 24.5. The predicted octanol–water partition coefficient (Wildman–Crippen LogP) is 6.74. The molecular weight excluding hydrogens is 498 g/mol. The quantitative estimate of drug-likeness (QED) is 0.0406. The summed E-state index contributed by atoms with van der Waals surface area (Å²) in [5.41, 5.74) is 0.519. The molecule has 0 aromatic rings. The first-order valence-corrected chi connectivity index (χ1v) is 15.2. The Labute approximate surface area is 231 Å². The van der Waals surface area contributed by atoms with Crippen molar-refractivity contribution < 1.29 is 31.0 Å². The highest BCUT2D eigenvalue weighted by Gasteiger charge is 2.36. The molecule has 0 bridgehead atoms. The topological polar surface area (TPSA) is 26.3 Å². The van der Waals surface area contributed by atoms with E-state index in [4.69, 9.17) is 4.74 Å². The van der Waals surface area contributed by atoms with Gasteiger partial charge >= 0.3 is 5.97 Å². The largest absolute Gasteiger partial charge is 1.00 e. The summed E-state index contributed by atoms with van der Waals surface area (Å²) in [6, 6.07) is 0. The summed E-state index contributed by atoms with van der Waals surface area (Å²) in [7, 11) is 0. The molecule has 0 aromatic carbocycles. The van der Waals surface area contributed by atoms with Crippen LogP contribution in [0.3, 0.4) is 0 Å². The maximum absolute atomic E-state index is 12.5. The molecule has 1 unspecified atom stereocenters. The number of esters is 1. The molecule has 0 saturated carbocycles. The predicted molar refractivity (Wildman–Crippen MR) is 150 cm³/mol. The van der Waals surface area contributed by atoms with Crippen LogP contribution in [0.2, 0.25) is 0 Å². The van der Waals surface area contributed by atoms with E-state index in [1.54, 1.807) is 6.92 Å². The first-order valence-electron chi connectivity index (χ1n) is 15.2. The summed E-state index contributed by atoms with van der Waals surface area (Å²) < 4.78 is 7.00. The smallest absolute Gasteiger partial charge is 0.337 e. The average molecular weight is 561 g/mol. The fraction of sp³-hybridized carbons (Fsp3) is 0.903. The van der Waals surface area contributed by atoms with Crippen molar-refractivity contribution in [3.63, 3.8) is 0 Å². The van der Waals surface area contributed by atoms with Crippen molar-refractivity contribution in [3.05, 3.63) is 12.2 Å². The third-order valence-electron chi connectivity index (χ3n) is 7.72. The van der Waals surface area contributed by atoms with Crippen LogP contribution >= 0.6 is 0 Å². The van der Waals surface area contributed by atoms with Gasteiger partial charge in [0.2, 0.25) is 6.23 Å². The number of quaternary nitrogens is 1. The fourth-order valence-corrected chi connectivity index (χ4v) is 5.13. The Kier molecular flexibility index (Phi) is 26.6. The van der Waals surface area contributed by atoms with Gasteiger partial charge in [-0.3, -0.25) is 4.48 Å². The Hall–Kier alpha value is -0.350. The second-order valence-electron chi connectivity index (χ2n) is 10.7. The van der Waals surface area contributed by atoms with E-state index < -0.39 is 0 Å². The molecule has 0 radical (unpaired) electrons. The lowest BCUT2D eigenvalue weighted by molar-refractivity contribution is -0.967. The van der Waals surface area contributed by atoms with Crippen LogP contribution in [0.15, 0.2) is 12.2 Å². The Balaban J connectivity index is 0. The molecule has 3 nitrogen and oxygen atoms in total. The molecule has 0 aliphatic heterocycles. The van der Waals surface area contributed by atoms with Crippen molar-refractivity contribution in [2.24, 2.45) is 0 Å². The molecule has 0 aliphatic carbocycles. The number of nitrogens with zero attached hydrogens (tertiary/aromatic N) is 1. The first kappa shape index (κ1) is 36.8. The van der Waals surface area contributed by atoms with E-state index in [-0.39, 0.29) is 29.2 Å². The highest BCUT2D eigenvalue weighted by Crippen LogP contribution is 2.24. The van der Waals surface area contributed by atoms with Gasteiger partial charge in [-0.25, -0.2) is 4.79 Å². The van der Waals surface area contributed by atoms with Crippen molar-refractivity contribution in [2.75, 3.05) is 19.6 Å². The van der Waals surface area contributed by atoms with Crippen molar-refractivity contribution in [1.82, 2.24) is 0 Å². The lowest BCUT2D eigenvalue weighted by Gasteiger charge is -2.43. The molecular formula is C31H62BrNO2. The fourth-order valence-electron chi connectivity index (χ4n) is 5.13. The summed E-state index contributed by atoms with van der Waals surface area (Å²) in [6.07, 6.45) is 25.0. The van der Waals surface area contributed by atoms with Crippen LogP contribution in [0.5, 0.6) is 0 Å². The number of rotatable bonds is 25. The van der Waals surface area contributed by atoms with Crippen LogP contribution in [-0.4, -0.2) is 36.3 Å². The lowest BCUT2D eigenvalue weighted by Crippen LogP contribution is -3.00. The maximum Gasteiger partial charge on any atom is 0.337 e. The maximum atomic E-state index is 12.5. The van der Waals surface area contributed by atoms with Gasteiger partial charge < -0.3 is 21.7 Å². The summed E-state index contributed by atoms with van der Waals surface area (Å²) in [4.78, 5) is 12.5. The Morgan fingerprint density at radius 3 is 1.40 bits per heavy atom. The van der Waals surface area contributed by atoms with E-state index in [0.717, 1.165) is 37.0 Å². The molecule has 4 heteroatoms. The van der Waals surface area contributed by atoms with Gasteiger partial charge in [-0.15, -0.1) is 0 Å². The molecule has 0 rings (SSSR count). The highest BCUT2D eigenvalue weighted by molar-refractivity contribution is 5.87. The molecule has 0 N–H and O–H groups in total. The second-order valence-corrected chi connectivity index (χ2v) is 10.7. The summed E-state index contributed by atoms with van der Waals surface area (Å²) >= 11 is 0. The average Bonchev–Trinajstić information content (AvgIpc) is 2.84. The molecule has 0 heterocycles.